The molecule has 0 bridgehead atoms. The first-order valence-corrected chi connectivity index (χ1v) is 17.7. The lowest BCUT2D eigenvalue weighted by molar-refractivity contribution is -0.401. The summed E-state index contributed by atoms with van der Waals surface area (Å²) >= 11 is 0. The van der Waals surface area contributed by atoms with E-state index < -0.39 is 33.3 Å². The SMILES string of the molecule is Cc1ccc2c(c1)C(C)(C)C(/C=C/C=C/C=C1\N(CCCCCC(=O)ON3C(=O)CCC3=O)c3ccc(S(=O)(=O)O)cc3C1(C)C)=[N+]2C. The van der Waals surface area contributed by atoms with E-state index in [0.717, 1.165) is 16.9 Å². The van der Waals surface area contributed by atoms with Gasteiger partial charge in [-0.15, -0.1) is 5.06 Å². The monoisotopic (exact) mass is 674 g/mol. The summed E-state index contributed by atoms with van der Waals surface area (Å²) in [6.45, 7) is 11.2. The zero-order valence-corrected chi connectivity index (χ0v) is 29.3. The van der Waals surface area contributed by atoms with E-state index in [-0.39, 0.29) is 29.6 Å². The van der Waals surface area contributed by atoms with E-state index in [1.165, 1.54) is 34.7 Å². The maximum absolute atomic E-state index is 12.2. The molecule has 10 nitrogen and oxygen atoms in total. The molecule has 3 aliphatic heterocycles. The summed E-state index contributed by atoms with van der Waals surface area (Å²) in [5, 5.41) is 0.567. The van der Waals surface area contributed by atoms with Gasteiger partial charge in [-0.25, -0.2) is 4.79 Å². The van der Waals surface area contributed by atoms with Crippen LogP contribution in [0.2, 0.25) is 0 Å². The van der Waals surface area contributed by atoms with Crippen LogP contribution in [0.4, 0.5) is 11.4 Å². The summed E-state index contributed by atoms with van der Waals surface area (Å²) in [7, 11) is -2.30. The van der Waals surface area contributed by atoms with Crippen molar-refractivity contribution in [2.45, 2.75) is 88.9 Å². The number of unbranched alkanes of at least 4 members (excludes halogenated alkanes) is 2. The molecule has 11 heteroatoms. The van der Waals surface area contributed by atoms with E-state index in [0.29, 0.717) is 30.9 Å². The first kappa shape index (κ1) is 35.0. The molecule has 1 N–H and O–H groups in total. The smallest absolute Gasteiger partial charge is 0.333 e. The number of amides is 2. The number of fused-ring (bicyclic) bond motifs is 2. The van der Waals surface area contributed by atoms with Crippen LogP contribution in [0, 0.1) is 6.92 Å². The second kappa shape index (κ2) is 13.3. The molecule has 1 saturated heterocycles. The summed E-state index contributed by atoms with van der Waals surface area (Å²) in [6.07, 6.45) is 12.2. The Kier molecular flexibility index (Phi) is 9.67. The van der Waals surface area contributed by atoms with E-state index in [4.69, 9.17) is 4.84 Å². The van der Waals surface area contributed by atoms with Crippen molar-refractivity contribution < 1.29 is 36.8 Å². The summed E-state index contributed by atoms with van der Waals surface area (Å²) in [5.41, 5.74) is 6.83. The van der Waals surface area contributed by atoms with Gasteiger partial charge in [0.25, 0.3) is 21.9 Å². The molecule has 3 heterocycles. The fourth-order valence-electron chi connectivity index (χ4n) is 6.88. The minimum atomic E-state index is -4.38. The molecule has 2 amide bonds. The zero-order chi connectivity index (χ0) is 35.0. The van der Waals surface area contributed by atoms with Crippen molar-refractivity contribution in [1.82, 2.24) is 5.06 Å². The molecule has 5 rings (SSSR count). The minimum absolute atomic E-state index is 0.0519. The Labute approximate surface area is 282 Å². The van der Waals surface area contributed by atoms with Crippen LogP contribution in [-0.4, -0.2) is 59.7 Å². The highest BCUT2D eigenvalue weighted by molar-refractivity contribution is 7.85. The van der Waals surface area contributed by atoms with E-state index in [9.17, 15) is 27.4 Å². The van der Waals surface area contributed by atoms with Gasteiger partial charge in [0.15, 0.2) is 5.71 Å². The first-order chi connectivity index (χ1) is 22.5. The molecule has 0 aromatic heterocycles. The van der Waals surface area contributed by atoms with Crippen LogP contribution >= 0.6 is 0 Å². The summed E-state index contributed by atoms with van der Waals surface area (Å²) in [5.74, 6) is -1.62. The van der Waals surface area contributed by atoms with Gasteiger partial charge in [0.1, 0.15) is 7.05 Å². The first-order valence-electron chi connectivity index (χ1n) is 16.3. The van der Waals surface area contributed by atoms with Gasteiger partial charge in [0.2, 0.25) is 5.69 Å². The Morgan fingerprint density at radius 3 is 2.33 bits per heavy atom. The molecule has 2 aromatic rings. The number of anilines is 1. The third-order valence-corrected chi connectivity index (χ3v) is 10.4. The highest BCUT2D eigenvalue weighted by Gasteiger charge is 2.43. The van der Waals surface area contributed by atoms with Gasteiger partial charge in [-0.2, -0.15) is 13.0 Å². The number of imide groups is 1. The normalized spacial score (nSPS) is 19.4. The van der Waals surface area contributed by atoms with Crippen LogP contribution in [0.15, 0.2) is 77.4 Å². The lowest BCUT2D eigenvalue weighted by Gasteiger charge is -2.27. The molecule has 1 fully saturated rings. The molecule has 0 aliphatic carbocycles. The number of carbonyl (C=O) groups excluding carboxylic acids is 3. The van der Waals surface area contributed by atoms with Crippen molar-refractivity contribution in [3.05, 3.63) is 89.2 Å². The van der Waals surface area contributed by atoms with Gasteiger partial charge in [0, 0.05) is 60.3 Å². The molecule has 0 atom stereocenters. The average Bonchev–Trinajstić information content (AvgIpc) is 3.51. The molecule has 254 valence electrons. The molecular weight excluding hydrogens is 630 g/mol. The third-order valence-electron chi connectivity index (χ3n) is 9.54. The molecule has 0 unspecified atom stereocenters. The van der Waals surface area contributed by atoms with Crippen LogP contribution in [0.25, 0.3) is 0 Å². The van der Waals surface area contributed by atoms with E-state index >= 15 is 0 Å². The maximum atomic E-state index is 12.2. The molecule has 48 heavy (non-hydrogen) atoms. The molecule has 0 saturated carbocycles. The fraction of sp³-hybridized carbons (Fsp3) is 0.405. The second-order valence-electron chi connectivity index (χ2n) is 13.7. The van der Waals surface area contributed by atoms with Crippen molar-refractivity contribution >= 4 is 45.0 Å². The van der Waals surface area contributed by atoms with E-state index in [1.54, 1.807) is 6.07 Å². The van der Waals surface area contributed by atoms with Gasteiger partial charge in [-0.05, 0) is 69.5 Å². The average molecular weight is 675 g/mol. The predicted octanol–water partition coefficient (Wildman–Crippen LogP) is 6.21. The van der Waals surface area contributed by atoms with Gasteiger partial charge in [-0.1, -0.05) is 50.1 Å². The number of hydrogen-bond donors (Lipinski definition) is 1. The molecule has 0 spiro atoms. The third kappa shape index (κ3) is 6.79. The summed E-state index contributed by atoms with van der Waals surface area (Å²) < 4.78 is 35.9. The fourth-order valence-corrected chi connectivity index (χ4v) is 7.39. The Morgan fingerprint density at radius 2 is 1.65 bits per heavy atom. The number of carbonyl (C=O) groups is 3. The lowest BCUT2D eigenvalue weighted by atomic mass is 9.81. The Morgan fingerprint density at radius 1 is 0.938 bits per heavy atom. The molecular formula is C37H44N3O7S+. The van der Waals surface area contributed by atoms with Gasteiger partial charge >= 0.3 is 5.97 Å². The standard InChI is InChI=1S/C37H43N3O7S/c1-25-16-18-29-27(23-25)36(2,3)31(38(29)6)13-9-7-10-14-32-37(4,5)28-24-26(48(44,45)46)17-19-30(28)39(32)22-12-8-11-15-35(43)47-40-33(41)20-21-34(40)42/h7,9-10,13-14,16-19,23-24H,8,11-12,15,20-22H2,1-6H3/p+1. The van der Waals surface area contributed by atoms with Gasteiger partial charge in [-0.3, -0.25) is 14.1 Å². The number of rotatable bonds is 11. The maximum Gasteiger partial charge on any atom is 0.333 e. The predicted molar refractivity (Wildman–Crippen MR) is 184 cm³/mol. The summed E-state index contributed by atoms with van der Waals surface area (Å²) in [6, 6.07) is 11.2. The van der Waals surface area contributed by atoms with Gasteiger partial charge < -0.3 is 9.74 Å². The molecule has 3 aliphatic rings. The number of benzene rings is 2. The quantitative estimate of drug-likeness (QED) is 0.0982. The Bertz CT molecular complexity index is 1880. The number of hydrogen-bond acceptors (Lipinski definition) is 7. The second-order valence-corrected chi connectivity index (χ2v) is 15.1. The minimum Gasteiger partial charge on any atom is -0.344 e. The van der Waals surface area contributed by atoms with Crippen LogP contribution in [0.3, 0.4) is 0 Å². The summed E-state index contributed by atoms with van der Waals surface area (Å²) in [4.78, 5) is 42.6. The van der Waals surface area contributed by atoms with Crippen LogP contribution in [0.5, 0.6) is 0 Å². The van der Waals surface area contributed by atoms with Crippen molar-refractivity contribution in [2.75, 3.05) is 18.5 Å². The van der Waals surface area contributed by atoms with Crippen LogP contribution < -0.4 is 4.90 Å². The highest BCUT2D eigenvalue weighted by atomic mass is 32.2. The number of aryl methyl sites for hydroxylation is 1. The highest BCUT2D eigenvalue weighted by Crippen LogP contribution is 2.48. The van der Waals surface area contributed by atoms with Crippen LogP contribution in [0.1, 0.15) is 82.9 Å². The zero-order valence-electron chi connectivity index (χ0n) is 28.4. The largest absolute Gasteiger partial charge is 0.344 e. The van der Waals surface area contributed by atoms with Gasteiger partial charge in [0.05, 0.1) is 10.3 Å². The number of allylic oxidation sites excluding steroid dienone is 6. The number of hydroxylamine groups is 2. The Balaban J connectivity index is 1.30. The Hall–Kier alpha value is -4.35. The number of nitrogens with zero attached hydrogens (tertiary/aromatic N) is 3. The van der Waals surface area contributed by atoms with Crippen LogP contribution in [-0.2, 0) is 40.2 Å². The molecule has 2 aromatic carbocycles. The lowest BCUT2D eigenvalue weighted by Crippen LogP contribution is -2.32. The van der Waals surface area contributed by atoms with Crippen molar-refractivity contribution in [3.63, 3.8) is 0 Å². The van der Waals surface area contributed by atoms with Crippen molar-refractivity contribution in [2.24, 2.45) is 0 Å². The van der Waals surface area contributed by atoms with Crippen molar-refractivity contribution in [1.29, 1.82) is 0 Å². The topological polar surface area (TPSA) is 124 Å². The molecule has 0 radical (unpaired) electrons. The van der Waals surface area contributed by atoms with Crippen molar-refractivity contribution in [3.8, 4) is 0 Å². The van der Waals surface area contributed by atoms with E-state index in [2.05, 4.69) is 61.6 Å². The van der Waals surface area contributed by atoms with E-state index in [1.807, 2.05) is 38.2 Å².